The van der Waals surface area contributed by atoms with Crippen molar-refractivity contribution in [2.24, 2.45) is 16.0 Å². The lowest BCUT2D eigenvalue weighted by molar-refractivity contribution is -0.114. The summed E-state index contributed by atoms with van der Waals surface area (Å²) in [5, 5.41) is 10.8. The minimum atomic E-state index is -0.235. The second-order valence-electron chi connectivity index (χ2n) is 4.09. The first kappa shape index (κ1) is 13.7. The number of azo groups is 1. The van der Waals surface area contributed by atoms with E-state index in [4.69, 9.17) is 11.5 Å². The summed E-state index contributed by atoms with van der Waals surface area (Å²) in [4.78, 5) is 11.1. The summed E-state index contributed by atoms with van der Waals surface area (Å²) >= 11 is 0. The molecular weight excluding hydrogens is 254 g/mol. The molecule has 0 spiro atoms. The maximum absolute atomic E-state index is 11.1. The van der Waals surface area contributed by atoms with Gasteiger partial charge in [-0.15, -0.1) is 0 Å². The van der Waals surface area contributed by atoms with Gasteiger partial charge in [-0.3, -0.25) is 4.79 Å². The number of nitrogens with one attached hydrogen (secondary N) is 1. The fourth-order valence-corrected chi connectivity index (χ4v) is 1.48. The Morgan fingerprint density at radius 1 is 0.950 bits per heavy atom. The van der Waals surface area contributed by atoms with E-state index in [1.165, 1.54) is 0 Å². The van der Waals surface area contributed by atoms with Crippen LogP contribution < -0.4 is 16.8 Å². The Kier molecular flexibility index (Phi) is 4.41. The zero-order valence-corrected chi connectivity index (χ0v) is 10.8. The number of hydrogen-bond donors (Lipinski definition) is 3. The first-order valence-electron chi connectivity index (χ1n) is 6.04. The van der Waals surface area contributed by atoms with Crippen molar-refractivity contribution in [2.45, 2.75) is 0 Å². The van der Waals surface area contributed by atoms with Gasteiger partial charge in [-0.1, -0.05) is 0 Å². The van der Waals surface area contributed by atoms with E-state index in [0.29, 0.717) is 17.1 Å². The molecule has 0 saturated heterocycles. The van der Waals surface area contributed by atoms with Crippen molar-refractivity contribution >= 4 is 28.7 Å². The van der Waals surface area contributed by atoms with Gasteiger partial charge in [0.1, 0.15) is 0 Å². The van der Waals surface area contributed by atoms with Gasteiger partial charge in [0.05, 0.1) is 17.9 Å². The molecule has 0 aliphatic carbocycles. The van der Waals surface area contributed by atoms with Gasteiger partial charge in [0.2, 0.25) is 5.91 Å². The molecule has 20 heavy (non-hydrogen) atoms. The maximum atomic E-state index is 11.1. The summed E-state index contributed by atoms with van der Waals surface area (Å²) in [5.41, 5.74) is 13.6. The average Bonchev–Trinajstić information content (AvgIpc) is 2.48. The summed E-state index contributed by atoms with van der Waals surface area (Å²) in [6.07, 6.45) is 0. The van der Waals surface area contributed by atoms with Crippen LogP contribution in [0.15, 0.2) is 58.8 Å². The SMILES string of the molecule is NCC(=O)Nc1ccc(/N=N/c2ccc(N)cc2)cc1. The van der Waals surface area contributed by atoms with Crippen molar-refractivity contribution in [1.82, 2.24) is 0 Å². The van der Waals surface area contributed by atoms with Crippen molar-refractivity contribution in [3.8, 4) is 0 Å². The number of carbonyl (C=O) groups excluding carboxylic acids is 1. The van der Waals surface area contributed by atoms with Crippen molar-refractivity contribution in [3.63, 3.8) is 0 Å². The first-order chi connectivity index (χ1) is 9.67. The Morgan fingerprint density at radius 3 is 1.95 bits per heavy atom. The first-order valence-corrected chi connectivity index (χ1v) is 6.04. The van der Waals surface area contributed by atoms with Gasteiger partial charge < -0.3 is 16.8 Å². The van der Waals surface area contributed by atoms with E-state index in [2.05, 4.69) is 15.5 Å². The molecule has 0 aromatic heterocycles. The van der Waals surface area contributed by atoms with E-state index in [-0.39, 0.29) is 12.5 Å². The second-order valence-corrected chi connectivity index (χ2v) is 4.09. The fourth-order valence-electron chi connectivity index (χ4n) is 1.48. The topological polar surface area (TPSA) is 106 Å². The number of hydrogen-bond acceptors (Lipinski definition) is 5. The molecule has 2 aromatic rings. The molecule has 0 heterocycles. The summed E-state index contributed by atoms with van der Waals surface area (Å²) in [5.74, 6) is -0.235. The summed E-state index contributed by atoms with van der Waals surface area (Å²) < 4.78 is 0. The lowest BCUT2D eigenvalue weighted by Gasteiger charge is -2.02. The molecule has 5 N–H and O–H groups in total. The molecule has 0 aliphatic heterocycles. The molecule has 2 rings (SSSR count). The molecule has 0 radical (unpaired) electrons. The molecule has 0 aliphatic rings. The summed E-state index contributed by atoms with van der Waals surface area (Å²) in [6, 6.07) is 14.1. The van der Waals surface area contributed by atoms with Gasteiger partial charge in [-0.05, 0) is 48.5 Å². The Balaban J connectivity index is 2.03. The Labute approximate surface area is 116 Å². The van der Waals surface area contributed by atoms with Crippen LogP contribution in [0.2, 0.25) is 0 Å². The lowest BCUT2D eigenvalue weighted by Crippen LogP contribution is -2.21. The van der Waals surface area contributed by atoms with E-state index in [0.717, 1.165) is 5.69 Å². The van der Waals surface area contributed by atoms with E-state index >= 15 is 0 Å². The smallest absolute Gasteiger partial charge is 0.238 e. The normalized spacial score (nSPS) is 10.7. The van der Waals surface area contributed by atoms with Crippen LogP contribution in [0.3, 0.4) is 0 Å². The van der Waals surface area contributed by atoms with E-state index in [1.54, 1.807) is 48.5 Å². The molecule has 2 aromatic carbocycles. The van der Waals surface area contributed by atoms with Crippen molar-refractivity contribution in [1.29, 1.82) is 0 Å². The zero-order chi connectivity index (χ0) is 14.4. The lowest BCUT2D eigenvalue weighted by atomic mass is 10.3. The van der Waals surface area contributed by atoms with Crippen LogP contribution in [-0.4, -0.2) is 12.5 Å². The zero-order valence-electron chi connectivity index (χ0n) is 10.8. The Morgan fingerprint density at radius 2 is 1.45 bits per heavy atom. The van der Waals surface area contributed by atoms with Crippen LogP contribution in [0.1, 0.15) is 0 Å². The van der Waals surface area contributed by atoms with Crippen LogP contribution in [0.5, 0.6) is 0 Å². The molecule has 1 amide bonds. The largest absolute Gasteiger partial charge is 0.399 e. The summed E-state index contributed by atoms with van der Waals surface area (Å²) in [6.45, 7) is -0.0431. The molecule has 0 fully saturated rings. The van der Waals surface area contributed by atoms with Gasteiger partial charge in [0, 0.05) is 11.4 Å². The van der Waals surface area contributed by atoms with Crippen LogP contribution in [0.4, 0.5) is 22.7 Å². The standard InChI is InChI=1S/C14H15N5O/c15-9-14(20)17-11-5-7-13(8-6-11)19-18-12-3-1-10(16)2-4-12/h1-8H,9,15-16H2,(H,17,20)/b19-18+. The number of nitrogens with zero attached hydrogens (tertiary/aromatic N) is 2. The van der Waals surface area contributed by atoms with Gasteiger partial charge in [0.15, 0.2) is 0 Å². The predicted molar refractivity (Wildman–Crippen MR) is 79.2 cm³/mol. The molecule has 0 atom stereocenters. The highest BCUT2D eigenvalue weighted by atomic mass is 16.1. The number of nitrogens with two attached hydrogens (primary N) is 2. The average molecular weight is 269 g/mol. The quantitative estimate of drug-likeness (QED) is 0.586. The van der Waals surface area contributed by atoms with Gasteiger partial charge in [-0.25, -0.2) is 0 Å². The highest BCUT2D eigenvalue weighted by Crippen LogP contribution is 2.20. The van der Waals surface area contributed by atoms with E-state index in [1.807, 2.05) is 0 Å². The number of anilines is 2. The number of amides is 1. The number of benzene rings is 2. The van der Waals surface area contributed by atoms with Crippen molar-refractivity contribution < 1.29 is 4.79 Å². The van der Waals surface area contributed by atoms with Gasteiger partial charge in [0.25, 0.3) is 0 Å². The molecular formula is C14H15N5O. The molecule has 6 nitrogen and oxygen atoms in total. The highest BCUT2D eigenvalue weighted by molar-refractivity contribution is 5.92. The third-order valence-corrected chi connectivity index (χ3v) is 2.51. The predicted octanol–water partition coefficient (Wildman–Crippen LogP) is 2.58. The minimum Gasteiger partial charge on any atom is -0.399 e. The summed E-state index contributed by atoms with van der Waals surface area (Å²) in [7, 11) is 0. The fraction of sp³-hybridized carbons (Fsp3) is 0.0714. The van der Waals surface area contributed by atoms with Crippen LogP contribution in [0.25, 0.3) is 0 Å². The molecule has 0 bridgehead atoms. The molecule has 0 unspecified atom stereocenters. The maximum Gasteiger partial charge on any atom is 0.238 e. The number of nitrogen functional groups attached to an aromatic ring is 1. The van der Waals surface area contributed by atoms with E-state index in [9.17, 15) is 4.79 Å². The van der Waals surface area contributed by atoms with Crippen LogP contribution >= 0.6 is 0 Å². The molecule has 0 saturated carbocycles. The van der Waals surface area contributed by atoms with Crippen LogP contribution in [-0.2, 0) is 4.79 Å². The number of carbonyl (C=O) groups is 1. The van der Waals surface area contributed by atoms with Crippen LogP contribution in [0, 0.1) is 0 Å². The Hall–Kier alpha value is -2.73. The van der Waals surface area contributed by atoms with Gasteiger partial charge >= 0.3 is 0 Å². The number of rotatable bonds is 4. The highest BCUT2D eigenvalue weighted by Gasteiger charge is 1.98. The molecule has 6 heteroatoms. The third-order valence-electron chi connectivity index (χ3n) is 2.51. The monoisotopic (exact) mass is 269 g/mol. The minimum absolute atomic E-state index is 0.0431. The van der Waals surface area contributed by atoms with Crippen molar-refractivity contribution in [2.75, 3.05) is 17.6 Å². The Bertz CT molecular complexity index is 604. The third kappa shape index (κ3) is 3.89. The van der Waals surface area contributed by atoms with Gasteiger partial charge in [-0.2, -0.15) is 10.2 Å². The van der Waals surface area contributed by atoms with E-state index < -0.39 is 0 Å². The second kappa shape index (κ2) is 6.44. The molecule has 102 valence electrons. The van der Waals surface area contributed by atoms with Crippen molar-refractivity contribution in [3.05, 3.63) is 48.5 Å².